The van der Waals surface area contributed by atoms with Crippen LogP contribution in [0.1, 0.15) is 11.3 Å². The molecule has 5 heteroatoms. The Morgan fingerprint density at radius 2 is 2.11 bits per heavy atom. The molecule has 96 valence electrons. The van der Waals surface area contributed by atoms with E-state index in [4.69, 9.17) is 10.5 Å². The van der Waals surface area contributed by atoms with Gasteiger partial charge in [-0.25, -0.2) is 0 Å². The van der Waals surface area contributed by atoms with E-state index in [1.165, 1.54) is 0 Å². The molecule has 0 saturated heterocycles. The van der Waals surface area contributed by atoms with Crippen LogP contribution in [-0.2, 0) is 19.9 Å². The first-order chi connectivity index (χ1) is 8.69. The Morgan fingerprint density at radius 3 is 2.78 bits per heavy atom. The third-order valence-corrected chi connectivity index (χ3v) is 2.80. The summed E-state index contributed by atoms with van der Waals surface area (Å²) in [6, 6.07) is 7.95. The normalized spacial score (nSPS) is 12.4. The maximum absolute atomic E-state index is 6.14. The number of rotatable bonds is 5. The Kier molecular flexibility index (Phi) is 3.94. The molecule has 0 amide bonds. The van der Waals surface area contributed by atoms with Crippen LogP contribution in [0, 0.1) is 0 Å². The highest BCUT2D eigenvalue weighted by atomic mass is 16.5. The molecule has 5 nitrogen and oxygen atoms in total. The second-order valence-corrected chi connectivity index (χ2v) is 4.36. The fourth-order valence-corrected chi connectivity index (χ4v) is 1.98. The number of aryl methyl sites for hydroxylation is 1. The van der Waals surface area contributed by atoms with Crippen molar-refractivity contribution in [1.29, 1.82) is 0 Å². The minimum absolute atomic E-state index is 0.0120. The minimum Gasteiger partial charge on any atom is -0.496 e. The Hall–Kier alpha value is -1.88. The van der Waals surface area contributed by atoms with Crippen molar-refractivity contribution in [3.8, 4) is 5.75 Å². The van der Waals surface area contributed by atoms with Crippen LogP contribution in [0.25, 0.3) is 0 Å². The molecule has 2 aromatic rings. The average Bonchev–Trinajstić information content (AvgIpc) is 2.75. The van der Waals surface area contributed by atoms with Gasteiger partial charge in [-0.2, -0.15) is 0 Å². The maximum Gasteiger partial charge on any atom is 0.122 e. The summed E-state index contributed by atoms with van der Waals surface area (Å²) in [6.45, 7) is 0. The highest BCUT2D eigenvalue weighted by Crippen LogP contribution is 2.19. The molecule has 0 fully saturated rings. The third kappa shape index (κ3) is 3.07. The third-order valence-electron chi connectivity index (χ3n) is 2.80. The van der Waals surface area contributed by atoms with Crippen LogP contribution < -0.4 is 10.5 Å². The molecule has 1 heterocycles. The summed E-state index contributed by atoms with van der Waals surface area (Å²) in [5.41, 5.74) is 8.18. The molecule has 0 spiro atoms. The molecule has 1 aromatic carbocycles. The lowest BCUT2D eigenvalue weighted by Crippen LogP contribution is -2.26. The molecule has 0 aliphatic heterocycles. The fourth-order valence-electron chi connectivity index (χ4n) is 1.98. The van der Waals surface area contributed by atoms with E-state index in [-0.39, 0.29) is 6.04 Å². The predicted octanol–water partition coefficient (Wildman–Crippen LogP) is 0.936. The minimum atomic E-state index is 0.0120. The first-order valence-electron chi connectivity index (χ1n) is 5.91. The monoisotopic (exact) mass is 246 g/mol. The second-order valence-electron chi connectivity index (χ2n) is 4.36. The van der Waals surface area contributed by atoms with E-state index >= 15 is 0 Å². The van der Waals surface area contributed by atoms with Crippen LogP contribution in [-0.4, -0.2) is 28.1 Å². The highest BCUT2D eigenvalue weighted by molar-refractivity contribution is 5.33. The van der Waals surface area contributed by atoms with Gasteiger partial charge in [-0.1, -0.05) is 23.4 Å². The maximum atomic E-state index is 6.14. The lowest BCUT2D eigenvalue weighted by atomic mass is 10.0. The van der Waals surface area contributed by atoms with Gasteiger partial charge in [0.2, 0.25) is 0 Å². The fraction of sp³-hybridized carbons (Fsp3) is 0.385. The smallest absolute Gasteiger partial charge is 0.122 e. The topological polar surface area (TPSA) is 66.0 Å². The van der Waals surface area contributed by atoms with Crippen LogP contribution in [0.4, 0.5) is 0 Å². The van der Waals surface area contributed by atoms with Gasteiger partial charge in [-0.15, -0.1) is 5.10 Å². The molecule has 1 aromatic heterocycles. The first kappa shape index (κ1) is 12.6. The SMILES string of the molecule is COc1ccccc1CC(N)Cc1cn(C)nn1. The number of methoxy groups -OCH3 is 1. The molecule has 18 heavy (non-hydrogen) atoms. The van der Waals surface area contributed by atoms with Crippen molar-refractivity contribution in [3.05, 3.63) is 41.7 Å². The van der Waals surface area contributed by atoms with Gasteiger partial charge in [0.05, 0.1) is 12.8 Å². The Balaban J connectivity index is 2.00. The van der Waals surface area contributed by atoms with Crippen molar-refractivity contribution in [2.24, 2.45) is 12.8 Å². The van der Waals surface area contributed by atoms with Gasteiger partial charge < -0.3 is 10.5 Å². The van der Waals surface area contributed by atoms with E-state index in [1.54, 1.807) is 11.8 Å². The zero-order chi connectivity index (χ0) is 13.0. The lowest BCUT2D eigenvalue weighted by Gasteiger charge is -2.12. The molecule has 1 atom stereocenters. The number of ether oxygens (including phenoxy) is 1. The largest absolute Gasteiger partial charge is 0.496 e. The number of para-hydroxylation sites is 1. The van der Waals surface area contributed by atoms with Gasteiger partial charge in [0, 0.05) is 25.7 Å². The zero-order valence-corrected chi connectivity index (χ0v) is 10.7. The quantitative estimate of drug-likeness (QED) is 0.852. The van der Waals surface area contributed by atoms with E-state index in [1.807, 2.05) is 37.5 Å². The molecule has 2 N–H and O–H groups in total. The standard InChI is InChI=1S/C13H18N4O/c1-17-9-12(15-16-17)8-11(14)7-10-5-3-4-6-13(10)18-2/h3-6,9,11H,7-8,14H2,1-2H3. The van der Waals surface area contributed by atoms with E-state index in [9.17, 15) is 0 Å². The number of hydrogen-bond donors (Lipinski definition) is 1. The van der Waals surface area contributed by atoms with Gasteiger partial charge >= 0.3 is 0 Å². The van der Waals surface area contributed by atoms with Gasteiger partial charge in [-0.3, -0.25) is 4.68 Å². The van der Waals surface area contributed by atoms with Crippen molar-refractivity contribution in [2.75, 3.05) is 7.11 Å². The highest BCUT2D eigenvalue weighted by Gasteiger charge is 2.10. The second kappa shape index (κ2) is 5.64. The number of benzene rings is 1. The summed E-state index contributed by atoms with van der Waals surface area (Å²) >= 11 is 0. The van der Waals surface area contributed by atoms with Gasteiger partial charge in [0.25, 0.3) is 0 Å². The van der Waals surface area contributed by atoms with Crippen molar-refractivity contribution >= 4 is 0 Å². The van der Waals surface area contributed by atoms with Crippen LogP contribution in [0.2, 0.25) is 0 Å². The molecule has 0 aliphatic rings. The zero-order valence-electron chi connectivity index (χ0n) is 10.7. The Morgan fingerprint density at radius 1 is 1.33 bits per heavy atom. The van der Waals surface area contributed by atoms with E-state index in [2.05, 4.69) is 10.3 Å². The molecule has 0 radical (unpaired) electrons. The summed E-state index contributed by atoms with van der Waals surface area (Å²) in [7, 11) is 3.52. The van der Waals surface area contributed by atoms with Crippen molar-refractivity contribution < 1.29 is 4.74 Å². The van der Waals surface area contributed by atoms with Crippen molar-refractivity contribution in [3.63, 3.8) is 0 Å². The van der Waals surface area contributed by atoms with Gasteiger partial charge in [-0.05, 0) is 18.1 Å². The number of aromatic nitrogens is 3. The average molecular weight is 246 g/mol. The molecule has 2 rings (SSSR count). The molecule has 1 unspecified atom stereocenters. The predicted molar refractivity (Wildman–Crippen MR) is 69.4 cm³/mol. The first-order valence-corrected chi connectivity index (χ1v) is 5.91. The molecular formula is C13H18N4O. The Bertz CT molecular complexity index is 509. The summed E-state index contributed by atoms with van der Waals surface area (Å²) in [5.74, 6) is 0.882. The Labute approximate surface area is 107 Å². The molecule has 0 bridgehead atoms. The summed E-state index contributed by atoms with van der Waals surface area (Å²) in [5, 5.41) is 7.94. The van der Waals surface area contributed by atoms with Crippen LogP contribution >= 0.6 is 0 Å². The van der Waals surface area contributed by atoms with Crippen molar-refractivity contribution in [2.45, 2.75) is 18.9 Å². The summed E-state index contributed by atoms with van der Waals surface area (Å²) < 4.78 is 7.00. The van der Waals surface area contributed by atoms with E-state index in [0.717, 1.165) is 23.4 Å². The van der Waals surface area contributed by atoms with Gasteiger partial charge in [0.15, 0.2) is 0 Å². The van der Waals surface area contributed by atoms with E-state index < -0.39 is 0 Å². The van der Waals surface area contributed by atoms with Crippen LogP contribution in [0.5, 0.6) is 5.75 Å². The number of nitrogens with zero attached hydrogens (tertiary/aromatic N) is 3. The van der Waals surface area contributed by atoms with E-state index in [0.29, 0.717) is 6.42 Å². The molecule has 0 saturated carbocycles. The molecular weight excluding hydrogens is 228 g/mol. The number of nitrogens with two attached hydrogens (primary N) is 1. The lowest BCUT2D eigenvalue weighted by molar-refractivity contribution is 0.407. The number of hydrogen-bond acceptors (Lipinski definition) is 4. The van der Waals surface area contributed by atoms with Crippen LogP contribution in [0.15, 0.2) is 30.5 Å². The van der Waals surface area contributed by atoms with Crippen molar-refractivity contribution in [1.82, 2.24) is 15.0 Å². The molecule has 0 aliphatic carbocycles. The summed E-state index contributed by atoms with van der Waals surface area (Å²) in [6.07, 6.45) is 3.37. The summed E-state index contributed by atoms with van der Waals surface area (Å²) in [4.78, 5) is 0. The van der Waals surface area contributed by atoms with Crippen LogP contribution in [0.3, 0.4) is 0 Å². The van der Waals surface area contributed by atoms with Gasteiger partial charge in [0.1, 0.15) is 5.75 Å².